The van der Waals surface area contributed by atoms with E-state index in [0.717, 1.165) is 0 Å². The molecule has 1 aromatic rings. The minimum Gasteiger partial charge on any atom is -0.466 e. The van der Waals surface area contributed by atoms with Gasteiger partial charge in [0.05, 0.1) is 29.1 Å². The second-order valence-corrected chi connectivity index (χ2v) is 7.48. The number of nitro benzene ring substituents is 1. The maximum Gasteiger partial charge on any atom is 0.337 e. The van der Waals surface area contributed by atoms with E-state index < -0.39 is 28.4 Å². The number of non-ortho nitro benzene ring substituents is 1. The summed E-state index contributed by atoms with van der Waals surface area (Å²) in [5.41, 5.74) is 0.967. The Morgan fingerprint density at radius 3 is 2.18 bits per heavy atom. The molecule has 0 amide bonds. The molecule has 0 aromatic heterocycles. The predicted molar refractivity (Wildman–Crippen MR) is 102 cm³/mol. The van der Waals surface area contributed by atoms with Crippen LogP contribution in [0, 0.1) is 10.1 Å². The van der Waals surface area contributed by atoms with E-state index in [4.69, 9.17) is 9.47 Å². The summed E-state index contributed by atoms with van der Waals surface area (Å²) in [6.45, 7) is 8.60. The van der Waals surface area contributed by atoms with E-state index in [1.165, 1.54) is 25.3 Å². The van der Waals surface area contributed by atoms with E-state index in [1.54, 1.807) is 40.7 Å². The number of benzene rings is 1. The van der Waals surface area contributed by atoms with Gasteiger partial charge in [0.1, 0.15) is 5.60 Å². The van der Waals surface area contributed by atoms with Crippen LogP contribution in [0.15, 0.2) is 46.8 Å². The summed E-state index contributed by atoms with van der Waals surface area (Å²) in [6, 6.07) is 5.85. The molecule has 8 heteroatoms. The number of dihydropyridines is 1. The van der Waals surface area contributed by atoms with Gasteiger partial charge >= 0.3 is 11.9 Å². The highest BCUT2D eigenvalue weighted by Gasteiger charge is 2.39. The summed E-state index contributed by atoms with van der Waals surface area (Å²) in [5.74, 6) is -2.10. The van der Waals surface area contributed by atoms with Crippen LogP contribution in [0.3, 0.4) is 0 Å². The fourth-order valence-electron chi connectivity index (χ4n) is 3.13. The lowest BCUT2D eigenvalue weighted by Gasteiger charge is -2.31. The molecule has 28 heavy (non-hydrogen) atoms. The normalized spacial score (nSPS) is 17.1. The molecule has 1 N–H and O–H groups in total. The van der Waals surface area contributed by atoms with Crippen molar-refractivity contribution in [1.82, 2.24) is 5.32 Å². The number of nitrogens with zero attached hydrogens (tertiary/aromatic N) is 1. The quantitative estimate of drug-likeness (QED) is 0.479. The molecule has 1 aliphatic heterocycles. The summed E-state index contributed by atoms with van der Waals surface area (Å²) < 4.78 is 10.4. The number of methoxy groups -OCH3 is 1. The number of hydrogen-bond donors (Lipinski definition) is 1. The Hall–Kier alpha value is -3.16. The lowest BCUT2D eigenvalue weighted by Crippen LogP contribution is -2.34. The van der Waals surface area contributed by atoms with Crippen molar-refractivity contribution in [3.63, 3.8) is 0 Å². The number of hydrogen-bond acceptors (Lipinski definition) is 7. The molecule has 0 aliphatic carbocycles. The highest BCUT2D eigenvalue weighted by atomic mass is 16.6. The van der Waals surface area contributed by atoms with Crippen molar-refractivity contribution in [2.75, 3.05) is 7.11 Å². The third-order valence-electron chi connectivity index (χ3n) is 4.20. The second kappa shape index (κ2) is 7.84. The van der Waals surface area contributed by atoms with Gasteiger partial charge in [-0.05, 0) is 40.2 Å². The monoisotopic (exact) mass is 388 g/mol. The van der Waals surface area contributed by atoms with Gasteiger partial charge in [-0.3, -0.25) is 10.1 Å². The molecule has 0 fully saturated rings. The molecule has 1 aromatic carbocycles. The number of allylic oxidation sites excluding steroid dienone is 2. The minimum absolute atomic E-state index is 0.140. The number of rotatable bonds is 4. The van der Waals surface area contributed by atoms with E-state index in [1.807, 2.05) is 0 Å². The molecule has 0 saturated heterocycles. The van der Waals surface area contributed by atoms with Crippen LogP contribution in [0.1, 0.15) is 46.1 Å². The summed E-state index contributed by atoms with van der Waals surface area (Å²) >= 11 is 0. The largest absolute Gasteiger partial charge is 0.466 e. The van der Waals surface area contributed by atoms with Crippen LogP contribution in [0.5, 0.6) is 0 Å². The molecule has 150 valence electrons. The molecule has 0 bridgehead atoms. The molecule has 0 spiro atoms. The van der Waals surface area contributed by atoms with Crippen molar-refractivity contribution < 1.29 is 24.0 Å². The van der Waals surface area contributed by atoms with E-state index in [2.05, 4.69) is 5.32 Å². The molecule has 8 nitrogen and oxygen atoms in total. The average Bonchev–Trinajstić information content (AvgIpc) is 2.58. The first-order valence-corrected chi connectivity index (χ1v) is 8.71. The second-order valence-electron chi connectivity index (χ2n) is 7.48. The SMILES string of the molecule is COC(=O)C1=C(C)NC(C)=C(C(=O)OC(C)(C)C)[C@@H]1c1cccc([N+](=O)[O-])c1. The van der Waals surface area contributed by atoms with Gasteiger partial charge < -0.3 is 14.8 Å². The Morgan fingerprint density at radius 2 is 1.68 bits per heavy atom. The Morgan fingerprint density at radius 1 is 1.11 bits per heavy atom. The van der Waals surface area contributed by atoms with Gasteiger partial charge in [0.2, 0.25) is 0 Å². The lowest BCUT2D eigenvalue weighted by atomic mass is 9.80. The topological polar surface area (TPSA) is 108 Å². The van der Waals surface area contributed by atoms with Gasteiger partial charge in [-0.1, -0.05) is 12.1 Å². The van der Waals surface area contributed by atoms with Gasteiger partial charge in [-0.25, -0.2) is 9.59 Å². The van der Waals surface area contributed by atoms with E-state index >= 15 is 0 Å². The molecule has 1 aliphatic rings. The van der Waals surface area contributed by atoms with Crippen molar-refractivity contribution in [1.29, 1.82) is 0 Å². The highest BCUT2D eigenvalue weighted by Crippen LogP contribution is 2.40. The first kappa shape index (κ1) is 21.1. The molecule has 0 unspecified atom stereocenters. The molecule has 2 rings (SSSR count). The van der Waals surface area contributed by atoms with Crippen LogP contribution < -0.4 is 5.32 Å². The molecule has 0 radical (unpaired) electrons. The number of carbonyl (C=O) groups excluding carboxylic acids is 2. The van der Waals surface area contributed by atoms with Crippen LogP contribution in [0.25, 0.3) is 0 Å². The van der Waals surface area contributed by atoms with Crippen LogP contribution in [0.2, 0.25) is 0 Å². The van der Waals surface area contributed by atoms with E-state index in [-0.39, 0.29) is 16.8 Å². The van der Waals surface area contributed by atoms with Crippen LogP contribution in [-0.4, -0.2) is 29.6 Å². The van der Waals surface area contributed by atoms with Crippen LogP contribution >= 0.6 is 0 Å². The maximum absolute atomic E-state index is 13.0. The summed E-state index contributed by atoms with van der Waals surface area (Å²) in [4.78, 5) is 36.2. The smallest absolute Gasteiger partial charge is 0.337 e. The fraction of sp³-hybridized carbons (Fsp3) is 0.400. The van der Waals surface area contributed by atoms with Gasteiger partial charge in [0, 0.05) is 23.5 Å². The Bertz CT molecular complexity index is 892. The van der Waals surface area contributed by atoms with Crippen LogP contribution in [0.4, 0.5) is 5.69 Å². The Kier molecular flexibility index (Phi) is 5.92. The standard InChI is InChI=1S/C20H24N2O6/c1-11-15(18(23)27-6)17(13-8-7-9-14(10-13)22(25)26)16(12(2)21-11)19(24)28-20(3,4)5/h7-10,17,21H,1-6H3/t17-/m1/s1. The molecule has 1 atom stereocenters. The molecule has 0 saturated carbocycles. The van der Waals surface area contributed by atoms with Gasteiger partial charge in [-0.15, -0.1) is 0 Å². The third kappa shape index (κ3) is 4.39. The fourth-order valence-corrected chi connectivity index (χ4v) is 3.13. The Labute approximate surface area is 163 Å². The number of ether oxygens (including phenoxy) is 2. The van der Waals surface area contributed by atoms with Crippen LogP contribution in [-0.2, 0) is 19.1 Å². The van der Waals surface area contributed by atoms with Crippen molar-refractivity contribution >= 4 is 17.6 Å². The van der Waals surface area contributed by atoms with E-state index in [0.29, 0.717) is 17.0 Å². The zero-order valence-electron chi connectivity index (χ0n) is 16.8. The van der Waals surface area contributed by atoms with Crippen molar-refractivity contribution in [2.45, 2.75) is 46.1 Å². The molecule has 1 heterocycles. The van der Waals surface area contributed by atoms with Gasteiger partial charge in [0.15, 0.2) is 0 Å². The van der Waals surface area contributed by atoms with E-state index in [9.17, 15) is 19.7 Å². The zero-order valence-corrected chi connectivity index (χ0v) is 16.8. The third-order valence-corrected chi connectivity index (χ3v) is 4.20. The van der Waals surface area contributed by atoms with Crippen molar-refractivity contribution in [2.24, 2.45) is 0 Å². The van der Waals surface area contributed by atoms with Gasteiger partial charge in [-0.2, -0.15) is 0 Å². The van der Waals surface area contributed by atoms with Gasteiger partial charge in [0.25, 0.3) is 5.69 Å². The first-order valence-electron chi connectivity index (χ1n) is 8.71. The minimum atomic E-state index is -0.858. The average molecular weight is 388 g/mol. The summed E-state index contributed by atoms with van der Waals surface area (Å²) in [5, 5.41) is 14.2. The first-order chi connectivity index (χ1) is 13.0. The number of carbonyl (C=O) groups is 2. The van der Waals surface area contributed by atoms with Crippen molar-refractivity contribution in [3.8, 4) is 0 Å². The summed E-state index contributed by atoms with van der Waals surface area (Å²) in [6.07, 6.45) is 0. The lowest BCUT2D eigenvalue weighted by molar-refractivity contribution is -0.384. The Balaban J connectivity index is 2.70. The maximum atomic E-state index is 13.0. The number of nitro groups is 1. The molecular weight excluding hydrogens is 364 g/mol. The number of nitrogens with one attached hydrogen (secondary N) is 1. The zero-order chi connectivity index (χ0) is 21.2. The summed E-state index contributed by atoms with van der Waals surface area (Å²) in [7, 11) is 1.24. The highest BCUT2D eigenvalue weighted by molar-refractivity contribution is 6.00. The van der Waals surface area contributed by atoms with Crippen molar-refractivity contribution in [3.05, 3.63) is 62.5 Å². The molecular formula is C20H24N2O6. The number of esters is 2. The predicted octanol–water partition coefficient (Wildman–Crippen LogP) is 3.34.